The van der Waals surface area contributed by atoms with Crippen molar-refractivity contribution >= 4 is 11.6 Å². The quantitative estimate of drug-likeness (QED) is 0.777. The minimum Gasteiger partial charge on any atom is -0.508 e. The first-order valence-electron chi connectivity index (χ1n) is 5.72. The highest BCUT2D eigenvalue weighted by atomic mass is 35.5. The zero-order valence-electron chi connectivity index (χ0n) is 10.0. The maximum absolute atomic E-state index is 13.1. The Labute approximate surface area is 118 Å². The van der Waals surface area contributed by atoms with E-state index in [9.17, 15) is 9.50 Å². The van der Waals surface area contributed by atoms with Crippen molar-refractivity contribution < 1.29 is 14.0 Å². The van der Waals surface area contributed by atoms with E-state index in [2.05, 4.69) is 10.1 Å². The SMILES string of the molecule is Oc1ccc(-c2noc(-c3ccc(F)c(Cl)c3)n2)cc1. The zero-order valence-corrected chi connectivity index (χ0v) is 10.8. The normalized spacial score (nSPS) is 10.7. The van der Waals surface area contributed by atoms with Gasteiger partial charge in [-0.05, 0) is 42.5 Å². The third-order valence-corrected chi connectivity index (χ3v) is 3.01. The van der Waals surface area contributed by atoms with Gasteiger partial charge < -0.3 is 9.63 Å². The van der Waals surface area contributed by atoms with E-state index in [0.717, 1.165) is 0 Å². The molecule has 0 saturated heterocycles. The Bertz CT molecular complexity index is 756. The van der Waals surface area contributed by atoms with Crippen LogP contribution in [0.5, 0.6) is 5.75 Å². The smallest absolute Gasteiger partial charge is 0.258 e. The highest BCUT2D eigenvalue weighted by Gasteiger charge is 2.12. The molecule has 1 heterocycles. The molecule has 0 bridgehead atoms. The predicted molar refractivity (Wildman–Crippen MR) is 71.8 cm³/mol. The Morgan fingerprint density at radius 1 is 1.05 bits per heavy atom. The van der Waals surface area contributed by atoms with Crippen LogP contribution in [-0.4, -0.2) is 15.2 Å². The minimum atomic E-state index is -0.506. The van der Waals surface area contributed by atoms with Crippen molar-refractivity contribution in [2.75, 3.05) is 0 Å². The first-order valence-corrected chi connectivity index (χ1v) is 6.10. The van der Waals surface area contributed by atoms with Crippen LogP contribution in [0, 0.1) is 5.82 Å². The molecule has 0 unspecified atom stereocenters. The molecule has 0 aliphatic carbocycles. The molecule has 0 radical (unpaired) electrons. The molecule has 20 heavy (non-hydrogen) atoms. The van der Waals surface area contributed by atoms with E-state index in [1.54, 1.807) is 12.1 Å². The molecule has 4 nitrogen and oxygen atoms in total. The summed E-state index contributed by atoms with van der Waals surface area (Å²) >= 11 is 5.71. The average molecular weight is 291 g/mol. The summed E-state index contributed by atoms with van der Waals surface area (Å²) in [5.41, 5.74) is 1.24. The van der Waals surface area contributed by atoms with Crippen molar-refractivity contribution in [3.05, 3.63) is 53.3 Å². The average Bonchev–Trinajstić information content (AvgIpc) is 2.92. The molecule has 1 aromatic heterocycles. The fraction of sp³-hybridized carbons (Fsp3) is 0. The summed E-state index contributed by atoms with van der Waals surface area (Å²) in [4.78, 5) is 4.21. The molecule has 100 valence electrons. The van der Waals surface area contributed by atoms with Crippen LogP contribution >= 0.6 is 11.6 Å². The number of nitrogens with zero attached hydrogens (tertiary/aromatic N) is 2. The Kier molecular flexibility index (Phi) is 3.12. The molecule has 3 aromatic rings. The van der Waals surface area contributed by atoms with Crippen molar-refractivity contribution in [3.8, 4) is 28.6 Å². The van der Waals surface area contributed by atoms with Crippen LogP contribution in [0.3, 0.4) is 0 Å². The summed E-state index contributed by atoms with van der Waals surface area (Å²) in [6.07, 6.45) is 0. The number of aromatic nitrogens is 2. The topological polar surface area (TPSA) is 59.2 Å². The number of aromatic hydroxyl groups is 1. The van der Waals surface area contributed by atoms with Gasteiger partial charge in [0.25, 0.3) is 5.89 Å². The predicted octanol–water partition coefficient (Wildman–Crippen LogP) is 3.90. The van der Waals surface area contributed by atoms with Crippen LogP contribution < -0.4 is 0 Å². The maximum Gasteiger partial charge on any atom is 0.258 e. The van der Waals surface area contributed by atoms with Gasteiger partial charge in [0.15, 0.2) is 0 Å². The molecule has 0 saturated carbocycles. The third kappa shape index (κ3) is 2.35. The van der Waals surface area contributed by atoms with E-state index in [0.29, 0.717) is 17.0 Å². The molecule has 0 amide bonds. The summed E-state index contributed by atoms with van der Waals surface area (Å²) in [6, 6.07) is 10.6. The van der Waals surface area contributed by atoms with Gasteiger partial charge in [-0.3, -0.25) is 0 Å². The van der Waals surface area contributed by atoms with Crippen molar-refractivity contribution in [2.24, 2.45) is 0 Å². The zero-order chi connectivity index (χ0) is 14.1. The summed E-state index contributed by atoms with van der Waals surface area (Å²) in [7, 11) is 0. The van der Waals surface area contributed by atoms with Gasteiger partial charge in [0.1, 0.15) is 11.6 Å². The van der Waals surface area contributed by atoms with E-state index in [1.165, 1.54) is 30.3 Å². The van der Waals surface area contributed by atoms with Crippen molar-refractivity contribution in [2.45, 2.75) is 0 Å². The van der Waals surface area contributed by atoms with Gasteiger partial charge in [-0.15, -0.1) is 0 Å². The lowest BCUT2D eigenvalue weighted by molar-refractivity contribution is 0.432. The minimum absolute atomic E-state index is 0.00752. The standard InChI is InChI=1S/C14H8ClFN2O2/c15-11-7-9(3-6-12(11)16)14-17-13(18-20-14)8-1-4-10(19)5-2-8/h1-7,19H. The summed E-state index contributed by atoms with van der Waals surface area (Å²) < 4.78 is 18.2. The van der Waals surface area contributed by atoms with E-state index >= 15 is 0 Å². The molecule has 0 fully saturated rings. The molecule has 0 atom stereocenters. The Hall–Kier alpha value is -2.40. The van der Waals surface area contributed by atoms with Crippen molar-refractivity contribution in [3.63, 3.8) is 0 Å². The van der Waals surface area contributed by atoms with Crippen molar-refractivity contribution in [1.82, 2.24) is 10.1 Å². The Morgan fingerprint density at radius 3 is 2.45 bits per heavy atom. The third-order valence-electron chi connectivity index (χ3n) is 2.72. The fourth-order valence-electron chi connectivity index (χ4n) is 1.70. The number of hydrogen-bond donors (Lipinski definition) is 1. The molecule has 3 rings (SSSR count). The highest BCUT2D eigenvalue weighted by molar-refractivity contribution is 6.31. The molecule has 1 N–H and O–H groups in total. The van der Waals surface area contributed by atoms with Crippen LogP contribution in [-0.2, 0) is 0 Å². The number of phenols is 1. The maximum atomic E-state index is 13.1. The lowest BCUT2D eigenvalue weighted by atomic mass is 10.2. The second-order valence-electron chi connectivity index (χ2n) is 4.10. The molecule has 6 heteroatoms. The number of halogens is 2. The van der Waals surface area contributed by atoms with Gasteiger partial charge in [0.05, 0.1) is 5.02 Å². The van der Waals surface area contributed by atoms with Crippen LogP contribution in [0.1, 0.15) is 0 Å². The number of phenolic OH excluding ortho intramolecular Hbond substituents is 1. The van der Waals surface area contributed by atoms with E-state index < -0.39 is 5.82 Å². The number of benzene rings is 2. The molecular weight excluding hydrogens is 283 g/mol. The largest absolute Gasteiger partial charge is 0.508 e. The summed E-state index contributed by atoms with van der Waals surface area (Å²) in [6.45, 7) is 0. The first kappa shape index (κ1) is 12.6. The van der Waals surface area contributed by atoms with E-state index in [1.807, 2.05) is 0 Å². The molecular formula is C14H8ClFN2O2. The van der Waals surface area contributed by atoms with Gasteiger partial charge in [-0.25, -0.2) is 4.39 Å². The molecule has 0 aliphatic rings. The van der Waals surface area contributed by atoms with Crippen LogP contribution in [0.25, 0.3) is 22.8 Å². The fourth-order valence-corrected chi connectivity index (χ4v) is 1.88. The van der Waals surface area contributed by atoms with Gasteiger partial charge >= 0.3 is 0 Å². The second kappa shape index (κ2) is 4.94. The summed E-state index contributed by atoms with van der Waals surface area (Å²) in [5.74, 6) is 0.270. The van der Waals surface area contributed by atoms with E-state index in [4.69, 9.17) is 16.1 Å². The van der Waals surface area contributed by atoms with Gasteiger partial charge in [0.2, 0.25) is 5.82 Å². The van der Waals surface area contributed by atoms with E-state index in [-0.39, 0.29) is 16.7 Å². The molecule has 0 spiro atoms. The lowest BCUT2D eigenvalue weighted by Gasteiger charge is -1.96. The molecule has 2 aromatic carbocycles. The van der Waals surface area contributed by atoms with Gasteiger partial charge in [-0.1, -0.05) is 16.8 Å². The highest BCUT2D eigenvalue weighted by Crippen LogP contribution is 2.26. The monoisotopic (exact) mass is 290 g/mol. The molecule has 0 aliphatic heterocycles. The summed E-state index contributed by atoms with van der Waals surface area (Å²) in [5, 5.41) is 13.1. The number of rotatable bonds is 2. The van der Waals surface area contributed by atoms with Crippen molar-refractivity contribution in [1.29, 1.82) is 0 Å². The Morgan fingerprint density at radius 2 is 1.75 bits per heavy atom. The number of hydrogen-bond acceptors (Lipinski definition) is 4. The first-order chi connectivity index (χ1) is 9.63. The second-order valence-corrected chi connectivity index (χ2v) is 4.51. The van der Waals surface area contributed by atoms with Crippen LogP contribution in [0.15, 0.2) is 47.0 Å². The lowest BCUT2D eigenvalue weighted by Crippen LogP contribution is -1.82. The van der Waals surface area contributed by atoms with Crippen LogP contribution in [0.4, 0.5) is 4.39 Å². The Balaban J connectivity index is 1.97. The van der Waals surface area contributed by atoms with Gasteiger partial charge in [-0.2, -0.15) is 4.98 Å². The van der Waals surface area contributed by atoms with Crippen LogP contribution in [0.2, 0.25) is 5.02 Å². The van der Waals surface area contributed by atoms with Gasteiger partial charge in [0, 0.05) is 11.1 Å².